The molecule has 0 atom stereocenters. The van der Waals surface area contributed by atoms with Gasteiger partial charge in [-0.3, -0.25) is 0 Å². The number of anilines is 1. The number of halogens is 3. The van der Waals surface area contributed by atoms with Gasteiger partial charge < -0.3 is 5.73 Å². The van der Waals surface area contributed by atoms with E-state index in [-0.39, 0.29) is 11.4 Å². The zero-order valence-corrected chi connectivity index (χ0v) is 7.94. The summed E-state index contributed by atoms with van der Waals surface area (Å²) in [4.78, 5) is 0.905. The van der Waals surface area contributed by atoms with E-state index in [1.165, 1.54) is 24.5 Å². The number of nitrogen functional groups attached to an aromatic ring is 1. The number of nitrogens with two attached hydrogens (primary N) is 1. The van der Waals surface area contributed by atoms with Crippen molar-refractivity contribution in [2.45, 2.75) is 6.18 Å². The van der Waals surface area contributed by atoms with Gasteiger partial charge in [-0.05, 0) is 18.2 Å². The smallest absolute Gasteiger partial charge is 0.399 e. The molecule has 2 N–H and O–H groups in total. The molecule has 0 saturated carbocycles. The highest BCUT2D eigenvalue weighted by Gasteiger charge is 2.34. The Hall–Kier alpha value is -2.05. The largest absolute Gasteiger partial charge is 0.418 e. The van der Waals surface area contributed by atoms with E-state index in [9.17, 15) is 13.2 Å². The minimum Gasteiger partial charge on any atom is -0.399 e. The van der Waals surface area contributed by atoms with E-state index >= 15 is 0 Å². The van der Waals surface area contributed by atoms with Crippen molar-refractivity contribution in [2.75, 3.05) is 5.73 Å². The normalized spacial score (nSPS) is 11.7. The van der Waals surface area contributed by atoms with Crippen molar-refractivity contribution < 1.29 is 13.2 Å². The molecular formula is C9H7F3N4. The first-order chi connectivity index (χ1) is 7.48. The highest BCUT2D eigenvalue weighted by Crippen LogP contribution is 2.34. The number of benzene rings is 1. The molecule has 2 rings (SSSR count). The molecule has 0 radical (unpaired) electrons. The lowest BCUT2D eigenvalue weighted by atomic mass is 10.1. The van der Waals surface area contributed by atoms with Crippen molar-refractivity contribution in [3.8, 4) is 5.69 Å². The van der Waals surface area contributed by atoms with Gasteiger partial charge in [-0.2, -0.15) is 28.2 Å². The lowest BCUT2D eigenvalue weighted by Gasteiger charge is -2.12. The second-order valence-corrected chi connectivity index (χ2v) is 3.09. The standard InChI is InChI=1S/C9H7F3N4/c10-9(11,12)7-5-6(13)1-2-8(7)16-14-3-4-15-16/h1-5H,13H2. The molecule has 7 heteroatoms. The van der Waals surface area contributed by atoms with Crippen LogP contribution in [-0.2, 0) is 6.18 Å². The first kappa shape index (κ1) is 10.5. The van der Waals surface area contributed by atoms with Crippen LogP contribution in [0.5, 0.6) is 0 Å². The van der Waals surface area contributed by atoms with Gasteiger partial charge in [0.1, 0.15) is 0 Å². The first-order valence-electron chi connectivity index (χ1n) is 4.32. The summed E-state index contributed by atoms with van der Waals surface area (Å²) in [6, 6.07) is 3.46. The molecule has 0 aliphatic carbocycles. The maximum Gasteiger partial charge on any atom is 0.418 e. The number of rotatable bonds is 1. The Kier molecular flexibility index (Phi) is 2.30. The van der Waals surface area contributed by atoms with E-state index in [1.54, 1.807) is 0 Å². The molecular weight excluding hydrogens is 221 g/mol. The molecule has 0 aliphatic heterocycles. The first-order valence-corrected chi connectivity index (χ1v) is 4.32. The Morgan fingerprint density at radius 1 is 1.12 bits per heavy atom. The third-order valence-corrected chi connectivity index (χ3v) is 1.96. The molecule has 2 aromatic rings. The average Bonchev–Trinajstić information content (AvgIpc) is 2.69. The zero-order chi connectivity index (χ0) is 11.8. The molecule has 0 unspecified atom stereocenters. The summed E-state index contributed by atoms with van der Waals surface area (Å²) in [5.41, 5.74) is 4.37. The second kappa shape index (κ2) is 3.51. The average molecular weight is 228 g/mol. The molecule has 0 spiro atoms. The van der Waals surface area contributed by atoms with Gasteiger partial charge in [-0.15, -0.1) is 0 Å². The predicted molar refractivity (Wildman–Crippen MR) is 50.8 cm³/mol. The van der Waals surface area contributed by atoms with Crippen LogP contribution in [-0.4, -0.2) is 15.0 Å². The van der Waals surface area contributed by atoms with Crippen molar-refractivity contribution in [3.63, 3.8) is 0 Å². The van der Waals surface area contributed by atoms with Crippen molar-refractivity contribution >= 4 is 5.69 Å². The summed E-state index contributed by atoms with van der Waals surface area (Å²) in [6.07, 6.45) is -1.88. The quantitative estimate of drug-likeness (QED) is 0.758. The Balaban J connectivity index is 2.62. The van der Waals surface area contributed by atoms with Crippen molar-refractivity contribution in [1.82, 2.24) is 15.0 Å². The van der Waals surface area contributed by atoms with Gasteiger partial charge >= 0.3 is 6.18 Å². The minimum atomic E-state index is -4.49. The van der Waals surface area contributed by atoms with Gasteiger partial charge in [0.25, 0.3) is 0 Å². The molecule has 0 bridgehead atoms. The van der Waals surface area contributed by atoms with E-state index in [4.69, 9.17) is 5.73 Å². The van der Waals surface area contributed by atoms with Gasteiger partial charge in [0.15, 0.2) is 0 Å². The number of nitrogens with zero attached hydrogens (tertiary/aromatic N) is 3. The number of aromatic nitrogens is 3. The molecule has 1 aromatic heterocycles. The van der Waals surface area contributed by atoms with Crippen molar-refractivity contribution in [1.29, 1.82) is 0 Å². The van der Waals surface area contributed by atoms with Gasteiger partial charge in [0.2, 0.25) is 0 Å². The summed E-state index contributed by atoms with van der Waals surface area (Å²) in [7, 11) is 0. The second-order valence-electron chi connectivity index (χ2n) is 3.09. The van der Waals surface area contributed by atoms with Crippen LogP contribution >= 0.6 is 0 Å². The van der Waals surface area contributed by atoms with E-state index in [2.05, 4.69) is 10.2 Å². The van der Waals surface area contributed by atoms with Gasteiger partial charge in [0.05, 0.1) is 23.6 Å². The third-order valence-electron chi connectivity index (χ3n) is 1.96. The topological polar surface area (TPSA) is 56.7 Å². The van der Waals surface area contributed by atoms with Crippen LogP contribution in [0, 0.1) is 0 Å². The highest BCUT2D eigenvalue weighted by atomic mass is 19.4. The van der Waals surface area contributed by atoms with Crippen LogP contribution in [0.2, 0.25) is 0 Å². The van der Waals surface area contributed by atoms with Crippen molar-refractivity contribution in [3.05, 3.63) is 36.2 Å². The number of hydrogen-bond acceptors (Lipinski definition) is 3. The molecule has 16 heavy (non-hydrogen) atoms. The lowest BCUT2D eigenvalue weighted by Crippen LogP contribution is -2.12. The van der Waals surface area contributed by atoms with E-state index in [0.29, 0.717) is 0 Å². The Morgan fingerprint density at radius 3 is 2.31 bits per heavy atom. The van der Waals surface area contributed by atoms with Crippen molar-refractivity contribution in [2.24, 2.45) is 0 Å². The molecule has 0 fully saturated rings. The van der Waals surface area contributed by atoms with Crippen LogP contribution in [0.1, 0.15) is 5.56 Å². The molecule has 0 saturated heterocycles. The summed E-state index contributed by atoms with van der Waals surface area (Å²) in [6.45, 7) is 0. The highest BCUT2D eigenvalue weighted by molar-refractivity contribution is 5.51. The Bertz CT molecular complexity index is 490. The monoisotopic (exact) mass is 228 g/mol. The van der Waals surface area contributed by atoms with Crippen LogP contribution in [0.3, 0.4) is 0 Å². The van der Waals surface area contributed by atoms with Gasteiger partial charge in [-0.1, -0.05) is 0 Å². The molecule has 1 aromatic carbocycles. The van der Waals surface area contributed by atoms with E-state index in [1.807, 2.05) is 0 Å². The SMILES string of the molecule is Nc1ccc(-n2nccn2)c(C(F)(F)F)c1. The third kappa shape index (κ3) is 1.83. The maximum atomic E-state index is 12.7. The van der Waals surface area contributed by atoms with Crippen LogP contribution in [0.25, 0.3) is 5.69 Å². The fraction of sp³-hybridized carbons (Fsp3) is 0.111. The van der Waals surface area contributed by atoms with Crippen LogP contribution < -0.4 is 5.73 Å². The Labute approximate surface area is 88.5 Å². The summed E-state index contributed by atoms with van der Waals surface area (Å²) in [5, 5.41) is 7.31. The molecule has 0 amide bonds. The van der Waals surface area contributed by atoms with Gasteiger partial charge in [-0.25, -0.2) is 0 Å². The van der Waals surface area contributed by atoms with Crippen LogP contribution in [0.15, 0.2) is 30.6 Å². The van der Waals surface area contributed by atoms with E-state index < -0.39 is 11.7 Å². The maximum absolute atomic E-state index is 12.7. The van der Waals surface area contributed by atoms with Crippen LogP contribution in [0.4, 0.5) is 18.9 Å². The minimum absolute atomic E-state index is 0.0447. The van der Waals surface area contributed by atoms with Gasteiger partial charge in [0, 0.05) is 5.69 Å². The fourth-order valence-electron chi connectivity index (χ4n) is 1.30. The number of alkyl halides is 3. The summed E-state index contributed by atoms with van der Waals surface area (Å²) in [5.74, 6) is 0. The lowest BCUT2D eigenvalue weighted by molar-refractivity contribution is -0.137. The molecule has 1 heterocycles. The summed E-state index contributed by atoms with van der Waals surface area (Å²) < 4.78 is 38.1. The zero-order valence-electron chi connectivity index (χ0n) is 7.94. The fourth-order valence-corrected chi connectivity index (χ4v) is 1.30. The molecule has 84 valence electrons. The summed E-state index contributed by atoms with van der Waals surface area (Å²) >= 11 is 0. The molecule has 0 aliphatic rings. The predicted octanol–water partition coefficient (Wildman–Crippen LogP) is 1.87. The Morgan fingerprint density at radius 2 is 1.75 bits per heavy atom. The number of hydrogen-bond donors (Lipinski definition) is 1. The molecule has 4 nitrogen and oxygen atoms in total. The van der Waals surface area contributed by atoms with E-state index in [0.717, 1.165) is 10.9 Å².